The topological polar surface area (TPSA) is 34.1 Å². The first kappa shape index (κ1) is 12.5. The fourth-order valence-corrected chi connectivity index (χ4v) is 2.88. The number of anilines is 1. The summed E-state index contributed by atoms with van der Waals surface area (Å²) >= 11 is 6.03. The molecule has 1 N–H and O–H groups in total. The molecule has 0 fully saturated rings. The third-order valence-corrected chi connectivity index (χ3v) is 3.97. The van der Waals surface area contributed by atoms with Crippen molar-refractivity contribution in [2.24, 2.45) is 0 Å². The molecular formula is C17H13ClN2O. The lowest BCUT2D eigenvalue weighted by Gasteiger charge is -2.15. The number of benzene rings is 2. The van der Waals surface area contributed by atoms with E-state index in [-0.39, 0.29) is 6.04 Å². The van der Waals surface area contributed by atoms with Crippen molar-refractivity contribution in [2.45, 2.75) is 6.04 Å². The van der Waals surface area contributed by atoms with Gasteiger partial charge in [0.05, 0.1) is 11.6 Å². The second kappa shape index (κ2) is 4.93. The molecule has 1 aliphatic rings. The molecule has 21 heavy (non-hydrogen) atoms. The summed E-state index contributed by atoms with van der Waals surface area (Å²) in [5.41, 5.74) is 3.12. The lowest BCUT2D eigenvalue weighted by Crippen LogP contribution is -2.12. The molecule has 0 aliphatic carbocycles. The molecule has 4 rings (SSSR count). The van der Waals surface area contributed by atoms with Crippen molar-refractivity contribution >= 4 is 28.2 Å². The second-order valence-electron chi connectivity index (χ2n) is 5.07. The SMILES string of the molecule is Clc1ccc2c(NC3COc4ccccc43)ccnc2c1. The number of ether oxygens (including phenoxy) is 1. The van der Waals surface area contributed by atoms with Crippen LogP contribution in [0.5, 0.6) is 5.75 Å². The zero-order valence-corrected chi connectivity index (χ0v) is 12.0. The van der Waals surface area contributed by atoms with Crippen LogP contribution < -0.4 is 10.1 Å². The largest absolute Gasteiger partial charge is 0.491 e. The third kappa shape index (κ3) is 2.20. The summed E-state index contributed by atoms with van der Waals surface area (Å²) in [6.45, 7) is 0.636. The second-order valence-corrected chi connectivity index (χ2v) is 5.50. The van der Waals surface area contributed by atoms with Gasteiger partial charge >= 0.3 is 0 Å². The van der Waals surface area contributed by atoms with Gasteiger partial charge < -0.3 is 10.1 Å². The Bertz CT molecular complexity index is 819. The first-order valence-electron chi connectivity index (χ1n) is 6.84. The normalized spacial score (nSPS) is 16.5. The Kier molecular flexibility index (Phi) is 2.93. The van der Waals surface area contributed by atoms with Crippen LogP contribution in [0.1, 0.15) is 11.6 Å². The molecule has 0 radical (unpaired) electrons. The number of nitrogens with zero attached hydrogens (tertiary/aromatic N) is 1. The lowest BCUT2D eigenvalue weighted by atomic mass is 10.1. The Morgan fingerprint density at radius 2 is 2.05 bits per heavy atom. The number of rotatable bonds is 2. The van der Waals surface area contributed by atoms with E-state index < -0.39 is 0 Å². The molecule has 0 bridgehead atoms. The molecule has 104 valence electrons. The summed E-state index contributed by atoms with van der Waals surface area (Å²) in [6, 6.07) is 16.0. The van der Waals surface area contributed by atoms with Crippen molar-refractivity contribution in [2.75, 3.05) is 11.9 Å². The van der Waals surface area contributed by atoms with Crippen molar-refractivity contribution in [3.05, 3.63) is 65.3 Å². The van der Waals surface area contributed by atoms with Gasteiger partial charge in [-0.25, -0.2) is 0 Å². The minimum Gasteiger partial charge on any atom is -0.491 e. The summed E-state index contributed by atoms with van der Waals surface area (Å²) in [6.07, 6.45) is 1.79. The Hall–Kier alpha value is -2.26. The number of halogens is 1. The average Bonchev–Trinajstić information content (AvgIpc) is 2.91. The first-order valence-corrected chi connectivity index (χ1v) is 7.21. The molecule has 1 aromatic heterocycles. The van der Waals surface area contributed by atoms with Crippen LogP contribution in [-0.2, 0) is 0 Å². The maximum absolute atomic E-state index is 6.03. The summed E-state index contributed by atoms with van der Waals surface area (Å²) in [5.74, 6) is 0.955. The van der Waals surface area contributed by atoms with Crippen molar-refractivity contribution < 1.29 is 4.74 Å². The monoisotopic (exact) mass is 296 g/mol. The highest BCUT2D eigenvalue weighted by Crippen LogP contribution is 2.35. The Labute approximate surface area is 127 Å². The van der Waals surface area contributed by atoms with Crippen LogP contribution in [0, 0.1) is 0 Å². The van der Waals surface area contributed by atoms with Crippen LogP contribution >= 0.6 is 11.6 Å². The van der Waals surface area contributed by atoms with E-state index in [1.54, 1.807) is 6.20 Å². The molecule has 0 amide bonds. The molecule has 2 heterocycles. The van der Waals surface area contributed by atoms with Gasteiger partial charge in [-0.05, 0) is 30.3 Å². The van der Waals surface area contributed by atoms with Gasteiger partial charge in [-0.15, -0.1) is 0 Å². The smallest absolute Gasteiger partial charge is 0.124 e. The number of pyridine rings is 1. The Morgan fingerprint density at radius 1 is 1.14 bits per heavy atom. The van der Waals surface area contributed by atoms with Crippen molar-refractivity contribution in [1.29, 1.82) is 0 Å². The summed E-state index contributed by atoms with van der Waals surface area (Å²) < 4.78 is 5.72. The standard InChI is InChI=1S/C17H13ClN2O/c18-11-5-6-12-14(7-8-19-15(12)9-11)20-16-10-21-17-4-2-1-3-13(16)17/h1-9,16H,10H2,(H,19,20). The number of fused-ring (bicyclic) bond motifs is 2. The molecule has 1 unspecified atom stereocenters. The van der Waals surface area contributed by atoms with E-state index in [9.17, 15) is 0 Å². The van der Waals surface area contributed by atoms with Gasteiger partial charge in [0.15, 0.2) is 0 Å². The molecule has 3 aromatic rings. The first-order chi connectivity index (χ1) is 10.3. The quantitative estimate of drug-likeness (QED) is 0.759. The summed E-state index contributed by atoms with van der Waals surface area (Å²) in [5, 5.41) is 5.31. The molecule has 1 aliphatic heterocycles. The zero-order chi connectivity index (χ0) is 14.2. The van der Waals surface area contributed by atoms with Crippen molar-refractivity contribution in [3.63, 3.8) is 0 Å². The van der Waals surface area contributed by atoms with Crippen LogP contribution in [0.2, 0.25) is 5.02 Å². The van der Waals surface area contributed by atoms with Crippen LogP contribution in [0.4, 0.5) is 5.69 Å². The summed E-state index contributed by atoms with van der Waals surface area (Å²) in [7, 11) is 0. The van der Waals surface area contributed by atoms with Gasteiger partial charge in [0.1, 0.15) is 12.4 Å². The van der Waals surface area contributed by atoms with Gasteiger partial charge in [-0.1, -0.05) is 29.8 Å². The number of hydrogen-bond donors (Lipinski definition) is 1. The minimum atomic E-state index is 0.155. The van der Waals surface area contributed by atoms with Crippen LogP contribution in [0.3, 0.4) is 0 Å². The van der Waals surface area contributed by atoms with E-state index in [2.05, 4.69) is 16.4 Å². The van der Waals surface area contributed by atoms with Gasteiger partial charge in [0.25, 0.3) is 0 Å². The molecule has 1 atom stereocenters. The minimum absolute atomic E-state index is 0.155. The molecule has 2 aromatic carbocycles. The van der Waals surface area contributed by atoms with Gasteiger partial charge in [-0.2, -0.15) is 0 Å². The number of para-hydroxylation sites is 1. The predicted molar refractivity (Wildman–Crippen MR) is 85.1 cm³/mol. The fraction of sp³-hybridized carbons (Fsp3) is 0.118. The highest BCUT2D eigenvalue weighted by Gasteiger charge is 2.23. The molecule has 4 heteroatoms. The average molecular weight is 297 g/mol. The third-order valence-electron chi connectivity index (χ3n) is 3.73. The summed E-state index contributed by atoms with van der Waals surface area (Å²) in [4.78, 5) is 4.37. The van der Waals surface area contributed by atoms with Crippen LogP contribution in [0.15, 0.2) is 54.7 Å². The van der Waals surface area contributed by atoms with Crippen molar-refractivity contribution in [1.82, 2.24) is 4.98 Å². The number of aromatic nitrogens is 1. The van der Waals surface area contributed by atoms with Gasteiger partial charge in [0.2, 0.25) is 0 Å². The Morgan fingerprint density at radius 3 is 3.00 bits per heavy atom. The van der Waals surface area contributed by atoms with Gasteiger partial charge in [0, 0.05) is 27.9 Å². The molecule has 0 saturated carbocycles. The predicted octanol–water partition coefficient (Wildman–Crippen LogP) is 4.43. The molecule has 3 nitrogen and oxygen atoms in total. The number of hydrogen-bond acceptors (Lipinski definition) is 3. The van der Waals surface area contributed by atoms with E-state index in [0.717, 1.165) is 22.3 Å². The highest BCUT2D eigenvalue weighted by atomic mass is 35.5. The Balaban J connectivity index is 1.73. The maximum atomic E-state index is 6.03. The van der Waals surface area contributed by atoms with E-state index >= 15 is 0 Å². The van der Waals surface area contributed by atoms with E-state index in [1.807, 2.05) is 42.5 Å². The number of nitrogens with one attached hydrogen (secondary N) is 1. The van der Waals surface area contributed by atoms with E-state index in [1.165, 1.54) is 5.56 Å². The van der Waals surface area contributed by atoms with Crippen LogP contribution in [0.25, 0.3) is 10.9 Å². The molecule has 0 spiro atoms. The molecular weight excluding hydrogens is 284 g/mol. The van der Waals surface area contributed by atoms with Crippen molar-refractivity contribution in [3.8, 4) is 5.75 Å². The zero-order valence-electron chi connectivity index (χ0n) is 11.2. The highest BCUT2D eigenvalue weighted by molar-refractivity contribution is 6.31. The van der Waals surface area contributed by atoms with E-state index in [4.69, 9.17) is 16.3 Å². The molecule has 0 saturated heterocycles. The van der Waals surface area contributed by atoms with Gasteiger partial charge in [-0.3, -0.25) is 4.98 Å². The van der Waals surface area contributed by atoms with Crippen LogP contribution in [-0.4, -0.2) is 11.6 Å². The maximum Gasteiger partial charge on any atom is 0.124 e. The lowest BCUT2D eigenvalue weighted by molar-refractivity contribution is 0.340. The van der Waals surface area contributed by atoms with E-state index in [0.29, 0.717) is 11.6 Å². The fourth-order valence-electron chi connectivity index (χ4n) is 2.72.